The highest BCUT2D eigenvalue weighted by molar-refractivity contribution is 5.64. The van der Waals surface area contributed by atoms with Crippen molar-refractivity contribution in [3.05, 3.63) is 12.3 Å². The van der Waals surface area contributed by atoms with Gasteiger partial charge in [0.15, 0.2) is 0 Å². The van der Waals surface area contributed by atoms with E-state index in [1.54, 1.807) is 7.05 Å². The van der Waals surface area contributed by atoms with Crippen molar-refractivity contribution in [2.75, 3.05) is 43.4 Å². The number of likely N-dealkylation sites (tertiary alicyclic amines) is 1. The van der Waals surface area contributed by atoms with Crippen LogP contribution >= 0.6 is 0 Å². The summed E-state index contributed by atoms with van der Waals surface area (Å²) in [6, 6.07) is 3.14. The van der Waals surface area contributed by atoms with Crippen molar-refractivity contribution in [1.29, 1.82) is 0 Å². The maximum Gasteiger partial charge on any atom is 0.407 e. The van der Waals surface area contributed by atoms with Gasteiger partial charge in [0.05, 0.1) is 0 Å². The second-order valence-corrected chi connectivity index (χ2v) is 9.47. The zero-order valence-electron chi connectivity index (χ0n) is 18.9. The lowest BCUT2D eigenvalue weighted by Crippen LogP contribution is -2.50. The van der Waals surface area contributed by atoms with E-state index in [9.17, 15) is 9.90 Å². The molecule has 0 bridgehead atoms. The third kappa shape index (κ3) is 5.79. The largest absolute Gasteiger partial charge is 0.465 e. The van der Waals surface area contributed by atoms with Gasteiger partial charge >= 0.3 is 6.09 Å². The van der Waals surface area contributed by atoms with E-state index in [0.29, 0.717) is 12.1 Å². The molecule has 0 spiro atoms. The predicted octanol–water partition coefficient (Wildman–Crippen LogP) is 3.65. The number of nitrogens with zero attached hydrogens (tertiary/aromatic N) is 5. The van der Waals surface area contributed by atoms with Crippen molar-refractivity contribution < 1.29 is 9.90 Å². The zero-order chi connectivity index (χ0) is 21.6. The van der Waals surface area contributed by atoms with Crippen molar-refractivity contribution in [2.45, 2.75) is 82.3 Å². The van der Waals surface area contributed by atoms with Gasteiger partial charge in [-0.05, 0) is 64.0 Å². The van der Waals surface area contributed by atoms with Gasteiger partial charge in [-0.3, -0.25) is 4.90 Å². The number of anilines is 2. The SMILES string of the molecule is CN(C(=O)O)C1CCC(N2CCCC(Nc3nccc(N4CCCCCC4)n3)C2)CC1. The number of aromatic nitrogens is 2. The minimum Gasteiger partial charge on any atom is -0.465 e. The van der Waals surface area contributed by atoms with Gasteiger partial charge in [-0.25, -0.2) is 9.78 Å². The van der Waals surface area contributed by atoms with E-state index in [0.717, 1.165) is 70.0 Å². The zero-order valence-corrected chi connectivity index (χ0v) is 18.9. The Bertz CT molecular complexity index is 716. The molecule has 4 rings (SSSR count). The summed E-state index contributed by atoms with van der Waals surface area (Å²) >= 11 is 0. The molecule has 3 heterocycles. The van der Waals surface area contributed by atoms with Crippen LogP contribution in [0.25, 0.3) is 0 Å². The third-order valence-corrected chi connectivity index (χ3v) is 7.39. The van der Waals surface area contributed by atoms with Gasteiger partial charge in [-0.15, -0.1) is 0 Å². The molecule has 0 radical (unpaired) electrons. The molecule has 1 amide bonds. The molecular formula is C23H38N6O2. The monoisotopic (exact) mass is 430 g/mol. The maximum atomic E-state index is 11.2. The fourth-order valence-corrected chi connectivity index (χ4v) is 5.50. The van der Waals surface area contributed by atoms with E-state index in [4.69, 9.17) is 4.98 Å². The van der Waals surface area contributed by atoms with Crippen molar-refractivity contribution >= 4 is 17.9 Å². The molecule has 1 saturated carbocycles. The Morgan fingerprint density at radius 2 is 1.81 bits per heavy atom. The number of piperidine rings is 1. The average Bonchev–Trinajstić information content (AvgIpc) is 3.09. The normalized spacial score (nSPS) is 28.0. The van der Waals surface area contributed by atoms with Crippen LogP contribution in [0, 0.1) is 0 Å². The molecule has 172 valence electrons. The molecule has 1 unspecified atom stereocenters. The summed E-state index contributed by atoms with van der Waals surface area (Å²) in [7, 11) is 1.70. The van der Waals surface area contributed by atoms with Crippen molar-refractivity contribution in [2.24, 2.45) is 0 Å². The number of hydrogen-bond donors (Lipinski definition) is 2. The van der Waals surface area contributed by atoms with E-state index in [-0.39, 0.29) is 6.04 Å². The molecule has 2 saturated heterocycles. The van der Waals surface area contributed by atoms with Crippen LogP contribution in [-0.4, -0.2) is 82.3 Å². The van der Waals surface area contributed by atoms with Crippen molar-refractivity contribution in [3.63, 3.8) is 0 Å². The van der Waals surface area contributed by atoms with Crippen LogP contribution < -0.4 is 10.2 Å². The maximum absolute atomic E-state index is 11.2. The fraction of sp³-hybridized carbons (Fsp3) is 0.783. The molecule has 2 aliphatic heterocycles. The van der Waals surface area contributed by atoms with E-state index in [1.165, 1.54) is 37.0 Å². The second-order valence-electron chi connectivity index (χ2n) is 9.47. The van der Waals surface area contributed by atoms with Crippen LogP contribution in [0.4, 0.5) is 16.6 Å². The van der Waals surface area contributed by atoms with Gasteiger partial charge in [0.25, 0.3) is 0 Å². The molecule has 1 atom stereocenters. The van der Waals surface area contributed by atoms with Gasteiger partial charge in [-0.1, -0.05) is 12.8 Å². The predicted molar refractivity (Wildman–Crippen MR) is 123 cm³/mol. The Morgan fingerprint density at radius 3 is 2.52 bits per heavy atom. The van der Waals surface area contributed by atoms with Crippen LogP contribution in [0.5, 0.6) is 0 Å². The Morgan fingerprint density at radius 1 is 1.06 bits per heavy atom. The first-order valence-corrected chi connectivity index (χ1v) is 12.1. The second kappa shape index (κ2) is 10.5. The first-order chi connectivity index (χ1) is 15.1. The van der Waals surface area contributed by atoms with Gasteiger partial charge in [0.1, 0.15) is 5.82 Å². The van der Waals surface area contributed by atoms with Gasteiger partial charge in [0, 0.05) is 51.0 Å². The molecule has 3 fully saturated rings. The topological polar surface area (TPSA) is 84.8 Å². The number of hydrogen-bond acceptors (Lipinski definition) is 6. The molecule has 1 aromatic heterocycles. The number of amides is 1. The highest BCUT2D eigenvalue weighted by atomic mass is 16.4. The standard InChI is InChI=1S/C23H38N6O2/c1-27(23(30)31)19-8-10-20(11-9-19)29-16-6-7-18(17-29)25-22-24-13-12-21(26-22)28-14-4-2-3-5-15-28/h12-13,18-20H,2-11,14-17H2,1H3,(H,30,31)(H,24,25,26). The molecule has 0 aromatic carbocycles. The number of carbonyl (C=O) groups is 1. The summed E-state index contributed by atoms with van der Waals surface area (Å²) in [6.45, 7) is 4.33. The van der Waals surface area contributed by atoms with Crippen LogP contribution in [0.2, 0.25) is 0 Å². The van der Waals surface area contributed by atoms with Crippen molar-refractivity contribution in [1.82, 2.24) is 19.8 Å². The Balaban J connectivity index is 1.30. The molecule has 8 nitrogen and oxygen atoms in total. The summed E-state index contributed by atoms with van der Waals surface area (Å²) in [5.41, 5.74) is 0. The molecule has 31 heavy (non-hydrogen) atoms. The molecule has 8 heteroatoms. The van der Waals surface area contributed by atoms with Crippen LogP contribution in [0.3, 0.4) is 0 Å². The van der Waals surface area contributed by atoms with Crippen molar-refractivity contribution in [3.8, 4) is 0 Å². The van der Waals surface area contributed by atoms with E-state index < -0.39 is 6.09 Å². The van der Waals surface area contributed by atoms with Gasteiger partial charge < -0.3 is 20.2 Å². The third-order valence-electron chi connectivity index (χ3n) is 7.39. The van der Waals surface area contributed by atoms with E-state index in [2.05, 4.69) is 20.1 Å². The minimum atomic E-state index is -0.812. The summed E-state index contributed by atoms with van der Waals surface area (Å²) in [6.07, 6.45) is 12.6. The number of nitrogens with one attached hydrogen (secondary N) is 1. The molecule has 1 aliphatic carbocycles. The quantitative estimate of drug-likeness (QED) is 0.737. The first kappa shape index (κ1) is 22.1. The number of rotatable bonds is 5. The fourth-order valence-electron chi connectivity index (χ4n) is 5.50. The smallest absolute Gasteiger partial charge is 0.407 e. The van der Waals surface area contributed by atoms with Gasteiger partial charge in [0.2, 0.25) is 5.95 Å². The molecule has 3 aliphatic rings. The van der Waals surface area contributed by atoms with Crippen LogP contribution in [0.1, 0.15) is 64.2 Å². The lowest BCUT2D eigenvalue weighted by Gasteiger charge is -2.42. The Labute approximate surface area is 186 Å². The van der Waals surface area contributed by atoms with Crippen LogP contribution in [-0.2, 0) is 0 Å². The van der Waals surface area contributed by atoms with E-state index >= 15 is 0 Å². The highest BCUT2D eigenvalue weighted by Crippen LogP contribution is 2.28. The van der Waals surface area contributed by atoms with E-state index in [1.807, 2.05) is 12.3 Å². The summed E-state index contributed by atoms with van der Waals surface area (Å²) in [4.78, 5) is 27.1. The first-order valence-electron chi connectivity index (χ1n) is 12.1. The Hall–Kier alpha value is -2.09. The summed E-state index contributed by atoms with van der Waals surface area (Å²) in [5.74, 6) is 1.80. The molecular weight excluding hydrogens is 392 g/mol. The lowest BCUT2D eigenvalue weighted by atomic mass is 9.88. The Kier molecular flexibility index (Phi) is 7.48. The average molecular weight is 431 g/mol. The highest BCUT2D eigenvalue weighted by Gasteiger charge is 2.32. The van der Waals surface area contributed by atoms with Crippen LogP contribution in [0.15, 0.2) is 12.3 Å². The minimum absolute atomic E-state index is 0.169. The van der Waals surface area contributed by atoms with Gasteiger partial charge in [-0.2, -0.15) is 4.98 Å². The summed E-state index contributed by atoms with van der Waals surface area (Å²) < 4.78 is 0. The number of carboxylic acid groups (broad SMARTS) is 1. The molecule has 2 N–H and O–H groups in total. The molecule has 1 aromatic rings. The summed E-state index contributed by atoms with van der Waals surface area (Å²) in [5, 5.41) is 12.8. The lowest BCUT2D eigenvalue weighted by molar-refractivity contribution is 0.0838.